The van der Waals surface area contributed by atoms with E-state index in [1.54, 1.807) is 0 Å². The van der Waals surface area contributed by atoms with E-state index in [0.717, 1.165) is 99.5 Å². The highest BCUT2D eigenvalue weighted by molar-refractivity contribution is 6.24. The molecule has 0 aliphatic carbocycles. The molecule has 3 aromatic heterocycles. The number of para-hydroxylation sites is 2. The SMILES string of the molecule is c1ccc(-c2nc(-c3ccc4ccccc4c3)nc(-c3ccccc3)c2-c2cccc(-c3nc4ccccc4c4c3ccc3c5ccccc5oc34)c2)cc1. The van der Waals surface area contributed by atoms with Gasteiger partial charge in [-0.1, -0.05) is 158 Å². The van der Waals surface area contributed by atoms with Crippen molar-refractivity contribution in [3.63, 3.8) is 0 Å². The summed E-state index contributed by atoms with van der Waals surface area (Å²) in [5.74, 6) is 0.681. The number of rotatable bonds is 5. The highest BCUT2D eigenvalue weighted by Crippen LogP contribution is 2.44. The van der Waals surface area contributed by atoms with Crippen molar-refractivity contribution in [2.45, 2.75) is 0 Å². The Morgan fingerprint density at radius 3 is 1.75 bits per heavy atom. The largest absolute Gasteiger partial charge is 0.455 e. The molecule has 0 saturated carbocycles. The van der Waals surface area contributed by atoms with Gasteiger partial charge in [-0.3, -0.25) is 0 Å². The van der Waals surface area contributed by atoms with E-state index in [0.29, 0.717) is 5.82 Å². The Hall–Kier alpha value is -7.43. The summed E-state index contributed by atoms with van der Waals surface area (Å²) in [5, 5.41) is 7.72. The summed E-state index contributed by atoms with van der Waals surface area (Å²) < 4.78 is 6.61. The summed E-state index contributed by atoms with van der Waals surface area (Å²) in [6, 6.07) is 65.4. The first-order chi connectivity index (χ1) is 27.3. The molecule has 0 amide bonds. The second-order valence-electron chi connectivity index (χ2n) is 13.9. The number of furan rings is 1. The predicted octanol–water partition coefficient (Wildman–Crippen LogP) is 13.6. The van der Waals surface area contributed by atoms with Crippen LogP contribution in [-0.2, 0) is 0 Å². The van der Waals surface area contributed by atoms with Crippen molar-refractivity contribution in [1.29, 1.82) is 0 Å². The molecule has 3 heterocycles. The second-order valence-corrected chi connectivity index (χ2v) is 13.9. The quantitative estimate of drug-likeness (QED) is 0.168. The van der Waals surface area contributed by atoms with Crippen LogP contribution >= 0.6 is 0 Å². The molecule has 0 aliphatic rings. The van der Waals surface area contributed by atoms with Crippen LogP contribution in [-0.4, -0.2) is 15.0 Å². The van der Waals surface area contributed by atoms with Gasteiger partial charge in [0.2, 0.25) is 0 Å². The predicted molar refractivity (Wildman–Crippen MR) is 227 cm³/mol. The van der Waals surface area contributed by atoms with Gasteiger partial charge in [-0.05, 0) is 46.7 Å². The summed E-state index contributed by atoms with van der Waals surface area (Å²) in [6.07, 6.45) is 0. The van der Waals surface area contributed by atoms with E-state index in [1.165, 1.54) is 5.39 Å². The molecule has 0 saturated heterocycles. The van der Waals surface area contributed by atoms with Crippen molar-refractivity contribution in [2.75, 3.05) is 0 Å². The second kappa shape index (κ2) is 12.6. The molecule has 256 valence electrons. The minimum absolute atomic E-state index is 0.681. The van der Waals surface area contributed by atoms with Crippen LogP contribution < -0.4 is 0 Å². The van der Waals surface area contributed by atoms with Crippen molar-refractivity contribution in [2.24, 2.45) is 0 Å². The van der Waals surface area contributed by atoms with Gasteiger partial charge in [0.05, 0.1) is 22.6 Å². The molecule has 0 unspecified atom stereocenters. The van der Waals surface area contributed by atoms with Gasteiger partial charge >= 0.3 is 0 Å². The number of hydrogen-bond donors (Lipinski definition) is 0. The average Bonchev–Trinajstić information content (AvgIpc) is 3.65. The molecule has 0 aliphatic heterocycles. The monoisotopic (exact) mass is 701 g/mol. The molecular formula is C51H31N3O. The van der Waals surface area contributed by atoms with Crippen molar-refractivity contribution in [3.05, 3.63) is 188 Å². The summed E-state index contributed by atoms with van der Waals surface area (Å²) >= 11 is 0. The molecular weight excluding hydrogens is 671 g/mol. The molecule has 0 bridgehead atoms. The van der Waals surface area contributed by atoms with Crippen molar-refractivity contribution in [1.82, 2.24) is 15.0 Å². The standard InChI is InChI=1S/C51H31N3O/c1-3-15-33(16-4-1)48-45(49(34-17-5-2-6-18-34)54-51(53-48)38-27-26-32-14-7-8-19-35(32)30-38)36-20-13-21-37(31-36)47-42-29-28-40-39-22-10-12-25-44(39)55-50(40)46(42)41-23-9-11-24-43(41)52-47/h1-31H. The first-order valence-electron chi connectivity index (χ1n) is 18.5. The minimum atomic E-state index is 0.681. The molecule has 11 aromatic rings. The molecule has 11 rings (SSSR count). The maximum atomic E-state index is 6.61. The number of fused-ring (bicyclic) bond motifs is 8. The third kappa shape index (κ3) is 5.19. The lowest BCUT2D eigenvalue weighted by Gasteiger charge is -2.18. The van der Waals surface area contributed by atoms with Crippen LogP contribution in [0.15, 0.2) is 192 Å². The molecule has 4 heteroatoms. The zero-order valence-electron chi connectivity index (χ0n) is 29.6. The smallest absolute Gasteiger partial charge is 0.160 e. The molecule has 8 aromatic carbocycles. The van der Waals surface area contributed by atoms with E-state index < -0.39 is 0 Å². The van der Waals surface area contributed by atoms with Crippen molar-refractivity contribution >= 4 is 54.4 Å². The third-order valence-electron chi connectivity index (χ3n) is 10.6. The Bertz CT molecular complexity index is 3200. The van der Waals surface area contributed by atoms with Gasteiger partial charge in [0, 0.05) is 54.7 Å². The number of hydrogen-bond acceptors (Lipinski definition) is 4. The molecule has 0 spiro atoms. The fraction of sp³-hybridized carbons (Fsp3) is 0. The summed E-state index contributed by atoms with van der Waals surface area (Å²) in [7, 11) is 0. The maximum absolute atomic E-state index is 6.61. The minimum Gasteiger partial charge on any atom is -0.455 e. The lowest BCUT2D eigenvalue weighted by Crippen LogP contribution is -2.01. The lowest BCUT2D eigenvalue weighted by atomic mass is 9.91. The van der Waals surface area contributed by atoms with Gasteiger partial charge in [0.1, 0.15) is 11.2 Å². The molecule has 0 N–H and O–H groups in total. The van der Waals surface area contributed by atoms with Crippen LogP contribution in [0.4, 0.5) is 0 Å². The average molecular weight is 702 g/mol. The van der Waals surface area contributed by atoms with E-state index >= 15 is 0 Å². The molecule has 0 atom stereocenters. The summed E-state index contributed by atoms with van der Waals surface area (Å²) in [5.41, 5.74) is 11.3. The summed E-state index contributed by atoms with van der Waals surface area (Å²) in [6.45, 7) is 0. The van der Waals surface area contributed by atoms with Crippen LogP contribution in [0.2, 0.25) is 0 Å². The van der Waals surface area contributed by atoms with Crippen LogP contribution in [0.3, 0.4) is 0 Å². The van der Waals surface area contributed by atoms with Gasteiger partial charge in [-0.25, -0.2) is 15.0 Å². The fourth-order valence-electron chi connectivity index (χ4n) is 8.06. The van der Waals surface area contributed by atoms with E-state index in [4.69, 9.17) is 19.4 Å². The highest BCUT2D eigenvalue weighted by atomic mass is 16.3. The number of nitrogens with zero attached hydrogens (tertiary/aromatic N) is 3. The van der Waals surface area contributed by atoms with E-state index in [9.17, 15) is 0 Å². The first kappa shape index (κ1) is 31.1. The van der Waals surface area contributed by atoms with Gasteiger partial charge in [-0.15, -0.1) is 0 Å². The van der Waals surface area contributed by atoms with Crippen molar-refractivity contribution < 1.29 is 4.42 Å². The maximum Gasteiger partial charge on any atom is 0.160 e. The Balaban J connectivity index is 1.18. The van der Waals surface area contributed by atoms with E-state index in [-0.39, 0.29) is 0 Å². The lowest BCUT2D eigenvalue weighted by molar-refractivity contribution is 0.673. The number of pyridine rings is 1. The Labute approximate surface area is 317 Å². The van der Waals surface area contributed by atoms with Gasteiger partial charge in [-0.2, -0.15) is 0 Å². The van der Waals surface area contributed by atoms with E-state index in [1.807, 2.05) is 30.3 Å². The van der Waals surface area contributed by atoms with E-state index in [2.05, 4.69) is 158 Å². The molecule has 0 radical (unpaired) electrons. The summed E-state index contributed by atoms with van der Waals surface area (Å²) in [4.78, 5) is 16.1. The van der Waals surface area contributed by atoms with Gasteiger partial charge in [0.15, 0.2) is 5.82 Å². The molecule has 0 fully saturated rings. The zero-order chi connectivity index (χ0) is 36.3. The number of aromatic nitrogens is 3. The highest BCUT2D eigenvalue weighted by Gasteiger charge is 2.22. The van der Waals surface area contributed by atoms with Crippen LogP contribution in [0.25, 0.3) is 111 Å². The Morgan fingerprint density at radius 1 is 0.345 bits per heavy atom. The fourth-order valence-corrected chi connectivity index (χ4v) is 8.06. The first-order valence-corrected chi connectivity index (χ1v) is 18.5. The topological polar surface area (TPSA) is 51.8 Å². The Morgan fingerprint density at radius 2 is 0.964 bits per heavy atom. The molecule has 55 heavy (non-hydrogen) atoms. The van der Waals surface area contributed by atoms with Gasteiger partial charge in [0.25, 0.3) is 0 Å². The van der Waals surface area contributed by atoms with Gasteiger partial charge < -0.3 is 4.42 Å². The van der Waals surface area contributed by atoms with Crippen molar-refractivity contribution in [3.8, 4) is 56.3 Å². The normalized spacial score (nSPS) is 11.6. The molecule has 4 nitrogen and oxygen atoms in total. The zero-order valence-corrected chi connectivity index (χ0v) is 29.6. The third-order valence-corrected chi connectivity index (χ3v) is 10.6. The Kier molecular flexibility index (Phi) is 7.14. The number of benzene rings is 8. The van der Waals surface area contributed by atoms with Crippen LogP contribution in [0.1, 0.15) is 0 Å². The van der Waals surface area contributed by atoms with Crippen LogP contribution in [0.5, 0.6) is 0 Å². The van der Waals surface area contributed by atoms with Crippen LogP contribution in [0, 0.1) is 0 Å².